The van der Waals surface area contributed by atoms with Crippen LogP contribution in [0.25, 0.3) is 0 Å². The van der Waals surface area contributed by atoms with E-state index in [0.717, 1.165) is 5.56 Å². The maximum atomic E-state index is 10.6. The number of allylic oxidation sites excluding steroid dienone is 2. The van der Waals surface area contributed by atoms with Crippen LogP contribution in [0.5, 0.6) is 0 Å². The minimum Gasteiger partial charge on any atom is -0.318 e. The van der Waals surface area contributed by atoms with Crippen molar-refractivity contribution < 1.29 is 9.63 Å². The average Bonchev–Trinajstić information content (AvgIpc) is 2.25. The molecule has 1 aromatic carbocycles. The highest BCUT2D eigenvalue weighted by Gasteiger charge is 1.99. The van der Waals surface area contributed by atoms with Crippen LogP contribution in [0.4, 0.5) is 0 Å². The zero-order chi connectivity index (χ0) is 11.1. The van der Waals surface area contributed by atoms with E-state index in [0.29, 0.717) is 5.71 Å². The largest absolute Gasteiger partial charge is 0.332 e. The van der Waals surface area contributed by atoms with Gasteiger partial charge in [-0.3, -0.25) is 0 Å². The highest BCUT2D eigenvalue weighted by molar-refractivity contribution is 6.08. The van der Waals surface area contributed by atoms with E-state index in [9.17, 15) is 4.79 Å². The van der Waals surface area contributed by atoms with Crippen molar-refractivity contribution >= 4 is 11.7 Å². The predicted octanol–water partition coefficient (Wildman–Crippen LogP) is 2.53. The molecule has 0 saturated carbocycles. The minimum atomic E-state index is -0.423. The van der Waals surface area contributed by atoms with Crippen LogP contribution in [-0.4, -0.2) is 11.7 Å². The van der Waals surface area contributed by atoms with Crippen LogP contribution in [-0.2, 0) is 9.63 Å². The summed E-state index contributed by atoms with van der Waals surface area (Å²) in [6.07, 6.45) is 3.63. The molecule has 0 unspecified atom stereocenters. The molecule has 15 heavy (non-hydrogen) atoms. The van der Waals surface area contributed by atoms with Crippen LogP contribution in [0, 0.1) is 0 Å². The van der Waals surface area contributed by atoms with Crippen molar-refractivity contribution in [1.29, 1.82) is 0 Å². The molecule has 0 bridgehead atoms. The van der Waals surface area contributed by atoms with E-state index in [1.807, 2.05) is 43.3 Å². The van der Waals surface area contributed by atoms with Crippen LogP contribution < -0.4 is 0 Å². The number of oxime groups is 1. The van der Waals surface area contributed by atoms with Gasteiger partial charge in [-0.05, 0) is 13.0 Å². The third-order valence-corrected chi connectivity index (χ3v) is 1.67. The molecular formula is C12H13NO2. The smallest absolute Gasteiger partial charge is 0.318 e. The van der Waals surface area contributed by atoms with Gasteiger partial charge in [0.25, 0.3) is 0 Å². The summed E-state index contributed by atoms with van der Waals surface area (Å²) in [5, 5.41) is 3.76. The first kappa shape index (κ1) is 11.2. The second-order valence-electron chi connectivity index (χ2n) is 2.93. The normalized spacial score (nSPS) is 11.7. The molecule has 1 rings (SSSR count). The monoisotopic (exact) mass is 203 g/mol. The Morgan fingerprint density at radius 2 is 2.00 bits per heavy atom. The topological polar surface area (TPSA) is 38.7 Å². The fourth-order valence-corrected chi connectivity index (χ4v) is 1.06. The van der Waals surface area contributed by atoms with Crippen LogP contribution in [0.15, 0.2) is 47.6 Å². The molecular weight excluding hydrogens is 190 g/mol. The van der Waals surface area contributed by atoms with Gasteiger partial charge in [-0.1, -0.05) is 41.6 Å². The molecule has 0 aliphatic heterocycles. The van der Waals surface area contributed by atoms with Crippen LogP contribution in [0.2, 0.25) is 0 Å². The third kappa shape index (κ3) is 3.77. The number of hydrogen-bond acceptors (Lipinski definition) is 3. The Balaban J connectivity index is 2.93. The van der Waals surface area contributed by atoms with Gasteiger partial charge in [-0.25, -0.2) is 4.79 Å². The number of carbonyl (C=O) groups excluding carboxylic acids is 1. The van der Waals surface area contributed by atoms with Crippen LogP contribution >= 0.6 is 0 Å². The summed E-state index contributed by atoms with van der Waals surface area (Å²) < 4.78 is 0. The van der Waals surface area contributed by atoms with Crippen molar-refractivity contribution in [3.05, 3.63) is 48.0 Å². The molecule has 0 aliphatic rings. The Labute approximate surface area is 89.1 Å². The van der Waals surface area contributed by atoms with Crippen molar-refractivity contribution in [3.8, 4) is 0 Å². The van der Waals surface area contributed by atoms with E-state index >= 15 is 0 Å². The average molecular weight is 203 g/mol. The van der Waals surface area contributed by atoms with Crippen molar-refractivity contribution in [2.75, 3.05) is 0 Å². The molecule has 0 fully saturated rings. The summed E-state index contributed by atoms with van der Waals surface area (Å²) in [4.78, 5) is 15.2. The van der Waals surface area contributed by atoms with E-state index in [-0.39, 0.29) is 0 Å². The molecule has 0 aliphatic carbocycles. The molecule has 0 aromatic heterocycles. The maximum absolute atomic E-state index is 10.6. The predicted molar refractivity (Wildman–Crippen MR) is 59.6 cm³/mol. The molecule has 0 saturated heterocycles. The summed E-state index contributed by atoms with van der Waals surface area (Å²) >= 11 is 0. The Hall–Kier alpha value is -1.90. The number of benzene rings is 1. The molecule has 78 valence electrons. The van der Waals surface area contributed by atoms with Gasteiger partial charge in [0.1, 0.15) is 5.71 Å². The molecule has 0 radical (unpaired) electrons. The number of nitrogens with zero attached hydrogens (tertiary/aromatic N) is 1. The summed E-state index contributed by atoms with van der Waals surface area (Å²) in [6, 6.07) is 9.54. The zero-order valence-corrected chi connectivity index (χ0v) is 8.81. The SMILES string of the molecule is C/C=C/C(=N\OC(C)=O)c1ccccc1. The first-order chi connectivity index (χ1) is 7.24. The fourth-order valence-electron chi connectivity index (χ4n) is 1.06. The number of rotatable bonds is 3. The fraction of sp³-hybridized carbons (Fsp3) is 0.167. The molecule has 1 aromatic rings. The van der Waals surface area contributed by atoms with E-state index < -0.39 is 5.97 Å². The molecule has 0 spiro atoms. The highest BCUT2D eigenvalue weighted by atomic mass is 16.7. The Bertz CT molecular complexity index is 380. The molecule has 0 atom stereocenters. The van der Waals surface area contributed by atoms with Crippen molar-refractivity contribution in [2.45, 2.75) is 13.8 Å². The summed E-state index contributed by atoms with van der Waals surface area (Å²) in [5.41, 5.74) is 1.55. The van der Waals surface area contributed by atoms with Gasteiger partial charge in [-0.15, -0.1) is 0 Å². The molecule has 3 nitrogen and oxygen atoms in total. The second-order valence-corrected chi connectivity index (χ2v) is 2.93. The molecule has 0 N–H and O–H groups in total. The zero-order valence-electron chi connectivity index (χ0n) is 8.81. The molecule has 0 heterocycles. The molecule has 3 heteroatoms. The van der Waals surface area contributed by atoms with Gasteiger partial charge in [0.2, 0.25) is 0 Å². The summed E-state index contributed by atoms with van der Waals surface area (Å²) in [6.45, 7) is 3.20. The van der Waals surface area contributed by atoms with Crippen molar-refractivity contribution in [1.82, 2.24) is 0 Å². The number of carbonyl (C=O) groups is 1. The van der Waals surface area contributed by atoms with Gasteiger partial charge in [0, 0.05) is 12.5 Å². The maximum Gasteiger partial charge on any atom is 0.332 e. The Morgan fingerprint density at radius 1 is 1.33 bits per heavy atom. The van der Waals surface area contributed by atoms with Crippen LogP contribution in [0.1, 0.15) is 19.4 Å². The first-order valence-electron chi connectivity index (χ1n) is 4.67. The Kier molecular flexibility index (Phi) is 4.29. The lowest BCUT2D eigenvalue weighted by molar-refractivity contribution is -0.140. The van der Waals surface area contributed by atoms with Crippen molar-refractivity contribution in [3.63, 3.8) is 0 Å². The minimum absolute atomic E-state index is 0.423. The first-order valence-corrected chi connectivity index (χ1v) is 4.67. The Morgan fingerprint density at radius 3 is 2.53 bits per heavy atom. The number of hydrogen-bond donors (Lipinski definition) is 0. The standard InChI is InChI=1S/C12H13NO2/c1-3-7-12(13-15-10(2)14)11-8-5-4-6-9-11/h3-9H,1-2H3/b7-3+,13-12+. The van der Waals surface area contributed by atoms with Gasteiger partial charge in [-0.2, -0.15) is 0 Å². The highest BCUT2D eigenvalue weighted by Crippen LogP contribution is 2.03. The van der Waals surface area contributed by atoms with E-state index in [2.05, 4.69) is 9.99 Å². The van der Waals surface area contributed by atoms with E-state index in [1.54, 1.807) is 6.08 Å². The lowest BCUT2D eigenvalue weighted by atomic mass is 10.1. The van der Waals surface area contributed by atoms with Crippen molar-refractivity contribution in [2.24, 2.45) is 5.16 Å². The van der Waals surface area contributed by atoms with Gasteiger partial charge in [0.15, 0.2) is 0 Å². The third-order valence-electron chi connectivity index (χ3n) is 1.67. The summed E-state index contributed by atoms with van der Waals surface area (Å²) in [7, 11) is 0. The lowest BCUT2D eigenvalue weighted by Gasteiger charge is -1.99. The summed E-state index contributed by atoms with van der Waals surface area (Å²) in [5.74, 6) is -0.423. The van der Waals surface area contributed by atoms with Gasteiger partial charge >= 0.3 is 5.97 Å². The lowest BCUT2D eigenvalue weighted by Crippen LogP contribution is -2.00. The van der Waals surface area contributed by atoms with Gasteiger partial charge in [0.05, 0.1) is 0 Å². The van der Waals surface area contributed by atoms with E-state index in [4.69, 9.17) is 0 Å². The van der Waals surface area contributed by atoms with Gasteiger partial charge < -0.3 is 4.84 Å². The molecule has 0 amide bonds. The second kappa shape index (κ2) is 5.75. The quantitative estimate of drug-likeness (QED) is 0.430. The van der Waals surface area contributed by atoms with Crippen LogP contribution in [0.3, 0.4) is 0 Å². The van der Waals surface area contributed by atoms with E-state index in [1.165, 1.54) is 6.92 Å².